The predicted molar refractivity (Wildman–Crippen MR) is 124 cm³/mol. The quantitative estimate of drug-likeness (QED) is 0.491. The van der Waals surface area contributed by atoms with Crippen LogP contribution in [0.4, 0.5) is 21.6 Å². The topological polar surface area (TPSA) is 104 Å². The standard InChI is InChI=1S/C20H26FN3O4S.C2H6/c1-12-4-5-16(15(21)8-12)22-18-17(9-13(2)19(27)24(18)3)23-29(28)20(6-7-20)10-14(26)11-25;1-2/h4-5,8-9,14,22-23,25-26H,6-7,10-11H2,1-3H3;1-2H3. The van der Waals surface area contributed by atoms with Crippen molar-refractivity contribution in [1.29, 1.82) is 0 Å². The van der Waals surface area contributed by atoms with Gasteiger partial charge in [-0.15, -0.1) is 0 Å². The SMILES string of the molecule is CC.Cc1ccc(Nc2c(NS(=O)C3(CC(O)CO)CC3)cc(C)c(=O)n2C)c(F)c1. The molecule has 0 radical (unpaired) electrons. The van der Waals surface area contributed by atoms with E-state index in [1.54, 1.807) is 39.1 Å². The van der Waals surface area contributed by atoms with Gasteiger partial charge in [-0.2, -0.15) is 0 Å². The Bertz CT molecular complexity index is 1000. The number of benzene rings is 1. The first-order chi connectivity index (χ1) is 14.7. The Kier molecular flexibility index (Phi) is 8.39. The van der Waals surface area contributed by atoms with Crippen LogP contribution in [0.1, 0.15) is 44.2 Å². The summed E-state index contributed by atoms with van der Waals surface area (Å²) in [6.07, 6.45) is 0.584. The lowest BCUT2D eigenvalue weighted by Crippen LogP contribution is -2.31. The summed E-state index contributed by atoms with van der Waals surface area (Å²) in [5.74, 6) is -0.176. The largest absolute Gasteiger partial charge is 0.394 e. The molecule has 0 saturated heterocycles. The third-order valence-electron chi connectivity index (χ3n) is 5.19. The number of aliphatic hydroxyl groups excluding tert-OH is 2. The first-order valence-electron chi connectivity index (χ1n) is 10.4. The molecular formula is C22H32FN3O4S. The lowest BCUT2D eigenvalue weighted by atomic mass is 10.2. The molecule has 2 aromatic rings. The van der Waals surface area contributed by atoms with Crippen LogP contribution in [0.5, 0.6) is 0 Å². The Balaban J connectivity index is 0.00000166. The van der Waals surface area contributed by atoms with E-state index < -0.39 is 34.3 Å². The Morgan fingerprint density at radius 2 is 1.87 bits per heavy atom. The molecule has 2 atom stereocenters. The summed E-state index contributed by atoms with van der Waals surface area (Å²) >= 11 is 0. The maximum atomic E-state index is 14.3. The number of nitrogens with zero attached hydrogens (tertiary/aromatic N) is 1. The summed E-state index contributed by atoms with van der Waals surface area (Å²) in [6, 6.07) is 6.29. The molecule has 0 spiro atoms. The average Bonchev–Trinajstić information content (AvgIpc) is 3.52. The van der Waals surface area contributed by atoms with Crippen molar-refractivity contribution in [3.63, 3.8) is 0 Å². The van der Waals surface area contributed by atoms with Crippen LogP contribution in [0.2, 0.25) is 0 Å². The molecule has 172 valence electrons. The molecule has 1 saturated carbocycles. The van der Waals surface area contributed by atoms with Gasteiger partial charge in [0, 0.05) is 12.6 Å². The van der Waals surface area contributed by atoms with Crippen LogP contribution in [0.3, 0.4) is 0 Å². The summed E-state index contributed by atoms with van der Waals surface area (Å²) in [5, 5.41) is 21.8. The Hall–Kier alpha value is -2.23. The van der Waals surface area contributed by atoms with Crippen molar-refractivity contribution in [2.45, 2.75) is 57.8 Å². The number of halogens is 1. The van der Waals surface area contributed by atoms with E-state index in [1.165, 1.54) is 10.6 Å². The van der Waals surface area contributed by atoms with Crippen molar-refractivity contribution in [2.75, 3.05) is 16.6 Å². The predicted octanol–water partition coefficient (Wildman–Crippen LogP) is 3.26. The van der Waals surface area contributed by atoms with Crippen LogP contribution in [0.25, 0.3) is 0 Å². The molecule has 2 unspecified atom stereocenters. The second-order valence-electron chi connectivity index (χ2n) is 7.66. The van der Waals surface area contributed by atoms with E-state index in [0.29, 0.717) is 24.1 Å². The number of aliphatic hydroxyl groups is 2. The fourth-order valence-electron chi connectivity index (χ4n) is 3.28. The van der Waals surface area contributed by atoms with E-state index in [1.807, 2.05) is 13.8 Å². The smallest absolute Gasteiger partial charge is 0.254 e. The van der Waals surface area contributed by atoms with Crippen molar-refractivity contribution in [3.8, 4) is 0 Å². The van der Waals surface area contributed by atoms with E-state index in [2.05, 4.69) is 10.0 Å². The van der Waals surface area contributed by atoms with Crippen LogP contribution in [0.15, 0.2) is 29.1 Å². The minimum Gasteiger partial charge on any atom is -0.394 e. The van der Waals surface area contributed by atoms with Gasteiger partial charge in [0.25, 0.3) is 5.56 Å². The van der Waals surface area contributed by atoms with Crippen molar-refractivity contribution < 1.29 is 18.8 Å². The normalized spacial score (nSPS) is 16.0. The molecule has 0 bridgehead atoms. The maximum absolute atomic E-state index is 14.3. The zero-order chi connectivity index (χ0) is 23.3. The zero-order valence-electron chi connectivity index (χ0n) is 18.7. The number of nitrogens with one attached hydrogen (secondary N) is 2. The van der Waals surface area contributed by atoms with Crippen LogP contribution in [-0.2, 0) is 18.0 Å². The van der Waals surface area contributed by atoms with Crippen molar-refractivity contribution >= 4 is 28.2 Å². The lowest BCUT2D eigenvalue weighted by molar-refractivity contribution is 0.0862. The molecule has 1 heterocycles. The number of hydrogen-bond donors (Lipinski definition) is 4. The molecule has 0 aliphatic heterocycles. The van der Waals surface area contributed by atoms with Gasteiger partial charge < -0.3 is 20.3 Å². The highest BCUT2D eigenvalue weighted by Crippen LogP contribution is 2.46. The van der Waals surface area contributed by atoms with Gasteiger partial charge in [0.15, 0.2) is 0 Å². The van der Waals surface area contributed by atoms with Gasteiger partial charge in [-0.25, -0.2) is 8.60 Å². The molecule has 0 amide bonds. The Morgan fingerprint density at radius 3 is 2.42 bits per heavy atom. The summed E-state index contributed by atoms with van der Waals surface area (Å²) in [6.45, 7) is 7.03. The van der Waals surface area contributed by atoms with Crippen LogP contribution >= 0.6 is 0 Å². The van der Waals surface area contributed by atoms with Gasteiger partial charge >= 0.3 is 0 Å². The summed E-state index contributed by atoms with van der Waals surface area (Å²) in [4.78, 5) is 12.4. The number of pyridine rings is 1. The highest BCUT2D eigenvalue weighted by atomic mass is 32.2. The van der Waals surface area contributed by atoms with Crippen LogP contribution < -0.4 is 15.6 Å². The van der Waals surface area contributed by atoms with E-state index in [9.17, 15) is 18.5 Å². The molecule has 1 aromatic carbocycles. The van der Waals surface area contributed by atoms with Gasteiger partial charge in [-0.1, -0.05) is 19.9 Å². The van der Waals surface area contributed by atoms with Crippen molar-refractivity contribution in [2.24, 2.45) is 7.05 Å². The van der Waals surface area contributed by atoms with E-state index in [4.69, 9.17) is 5.11 Å². The third-order valence-corrected chi connectivity index (χ3v) is 6.96. The van der Waals surface area contributed by atoms with Gasteiger partial charge in [0.1, 0.15) is 22.6 Å². The van der Waals surface area contributed by atoms with E-state index in [-0.39, 0.29) is 23.5 Å². The molecule has 1 aliphatic rings. The monoisotopic (exact) mass is 453 g/mol. The molecule has 3 rings (SSSR count). The van der Waals surface area contributed by atoms with Crippen molar-refractivity contribution in [1.82, 2.24) is 4.57 Å². The number of aryl methyl sites for hydroxylation is 2. The molecule has 9 heteroatoms. The molecule has 1 aromatic heterocycles. The third kappa shape index (κ3) is 5.72. The maximum Gasteiger partial charge on any atom is 0.254 e. The lowest BCUT2D eigenvalue weighted by Gasteiger charge is -2.22. The molecule has 1 aliphatic carbocycles. The Morgan fingerprint density at radius 1 is 1.23 bits per heavy atom. The van der Waals surface area contributed by atoms with Gasteiger partial charge in [0.2, 0.25) is 0 Å². The number of aromatic nitrogens is 1. The average molecular weight is 454 g/mol. The first kappa shape index (κ1) is 25.0. The zero-order valence-corrected chi connectivity index (χ0v) is 19.5. The van der Waals surface area contributed by atoms with Crippen molar-refractivity contribution in [3.05, 3.63) is 51.6 Å². The second kappa shape index (κ2) is 10.4. The first-order valence-corrected chi connectivity index (χ1v) is 11.5. The summed E-state index contributed by atoms with van der Waals surface area (Å²) < 4.78 is 31.0. The fourth-order valence-corrected chi connectivity index (χ4v) is 4.67. The number of rotatable bonds is 8. The minimum absolute atomic E-state index is 0.195. The molecule has 1 fully saturated rings. The molecule has 31 heavy (non-hydrogen) atoms. The number of anilines is 3. The Labute approximate surface area is 184 Å². The molecule has 7 nitrogen and oxygen atoms in total. The fraction of sp³-hybridized carbons (Fsp3) is 0.500. The van der Waals surface area contributed by atoms with Crippen LogP contribution in [-0.4, -0.2) is 36.4 Å². The highest BCUT2D eigenvalue weighted by molar-refractivity contribution is 7.88. The molecular weight excluding hydrogens is 421 g/mol. The summed E-state index contributed by atoms with van der Waals surface area (Å²) in [5.41, 5.74) is 1.55. The highest BCUT2D eigenvalue weighted by Gasteiger charge is 2.50. The van der Waals surface area contributed by atoms with Gasteiger partial charge in [0.05, 0.1) is 28.8 Å². The second-order valence-corrected chi connectivity index (χ2v) is 9.26. The summed E-state index contributed by atoms with van der Waals surface area (Å²) in [7, 11) is -0.00727. The van der Waals surface area contributed by atoms with Gasteiger partial charge in [-0.05, 0) is 56.9 Å². The van der Waals surface area contributed by atoms with Gasteiger partial charge in [-0.3, -0.25) is 9.36 Å². The van der Waals surface area contributed by atoms with E-state index in [0.717, 1.165) is 5.56 Å². The minimum atomic E-state index is -1.56. The van der Waals surface area contributed by atoms with E-state index >= 15 is 0 Å². The van der Waals surface area contributed by atoms with Crippen LogP contribution in [0, 0.1) is 19.7 Å². The molecule has 4 N–H and O–H groups in total. The number of hydrogen-bond acceptors (Lipinski definition) is 5.